The molecule has 106 valence electrons. The Labute approximate surface area is 116 Å². The van der Waals surface area contributed by atoms with Crippen LogP contribution in [0.5, 0.6) is 0 Å². The molecule has 1 fully saturated rings. The lowest BCUT2D eigenvalue weighted by atomic mass is 10.1. The number of nitrogens with one attached hydrogen (secondary N) is 2. The summed E-state index contributed by atoms with van der Waals surface area (Å²) in [4.78, 5) is 11.8. The predicted octanol–water partition coefficient (Wildman–Crippen LogP) is 2.56. The van der Waals surface area contributed by atoms with Crippen LogP contribution in [0.25, 0.3) is 0 Å². The zero-order valence-electron chi connectivity index (χ0n) is 12.1. The van der Waals surface area contributed by atoms with Gasteiger partial charge in [0.25, 0.3) is 0 Å². The topological polar surface area (TPSA) is 41.1 Å². The Kier molecular flexibility index (Phi) is 7.08. The van der Waals surface area contributed by atoms with Crippen LogP contribution in [0.1, 0.15) is 52.4 Å². The zero-order chi connectivity index (χ0) is 13.4. The van der Waals surface area contributed by atoms with E-state index in [1.165, 1.54) is 25.7 Å². The molecule has 0 radical (unpaired) electrons. The van der Waals surface area contributed by atoms with Crippen molar-refractivity contribution in [3.05, 3.63) is 0 Å². The highest BCUT2D eigenvalue weighted by atomic mass is 32.2. The molecule has 1 aliphatic carbocycles. The molecule has 0 aromatic heterocycles. The molecule has 1 saturated carbocycles. The molecule has 2 N–H and O–H groups in total. The second-order valence-corrected chi connectivity index (χ2v) is 6.86. The molecule has 0 spiro atoms. The molecule has 0 bridgehead atoms. The third-order valence-corrected chi connectivity index (χ3v) is 5.11. The Bertz CT molecular complexity index is 250. The van der Waals surface area contributed by atoms with Crippen molar-refractivity contribution in [3.63, 3.8) is 0 Å². The number of thioether (sulfide) groups is 1. The van der Waals surface area contributed by atoms with Gasteiger partial charge in [0.15, 0.2) is 0 Å². The van der Waals surface area contributed by atoms with Crippen LogP contribution in [0, 0.1) is 0 Å². The minimum atomic E-state index is 0.209. The van der Waals surface area contributed by atoms with E-state index < -0.39 is 0 Å². The molecular formula is C14H28N2OS. The van der Waals surface area contributed by atoms with Gasteiger partial charge in [0.2, 0.25) is 5.91 Å². The number of amides is 1. The minimum Gasteiger partial charge on any atom is -0.355 e. The Balaban J connectivity index is 2.12. The lowest BCUT2D eigenvalue weighted by Crippen LogP contribution is -2.38. The number of carbonyl (C=O) groups excluding carboxylic acids is 1. The first-order valence-corrected chi connectivity index (χ1v) is 8.36. The van der Waals surface area contributed by atoms with Crippen molar-refractivity contribution < 1.29 is 4.79 Å². The van der Waals surface area contributed by atoms with Crippen molar-refractivity contribution in [1.29, 1.82) is 0 Å². The quantitative estimate of drug-likeness (QED) is 0.667. The molecule has 3 nitrogen and oxygen atoms in total. The summed E-state index contributed by atoms with van der Waals surface area (Å²) in [5, 5.41) is 6.45. The summed E-state index contributed by atoms with van der Waals surface area (Å²) in [5.74, 6) is 0.209. The van der Waals surface area contributed by atoms with E-state index in [-0.39, 0.29) is 5.91 Å². The van der Waals surface area contributed by atoms with Crippen molar-refractivity contribution in [1.82, 2.24) is 10.6 Å². The van der Waals surface area contributed by atoms with Gasteiger partial charge in [-0.15, -0.1) is 0 Å². The maximum absolute atomic E-state index is 11.8. The predicted molar refractivity (Wildman–Crippen MR) is 80.1 cm³/mol. The van der Waals surface area contributed by atoms with Gasteiger partial charge in [-0.05, 0) is 32.1 Å². The molecule has 0 atom stereocenters. The van der Waals surface area contributed by atoms with Crippen molar-refractivity contribution in [3.8, 4) is 0 Å². The minimum absolute atomic E-state index is 0.209. The third-order valence-electron chi connectivity index (χ3n) is 3.69. The highest BCUT2D eigenvalue weighted by Gasteiger charge is 2.32. The molecule has 4 heteroatoms. The number of hydrogen-bond acceptors (Lipinski definition) is 3. The molecule has 0 aromatic rings. The van der Waals surface area contributed by atoms with Crippen molar-refractivity contribution in [2.24, 2.45) is 0 Å². The van der Waals surface area contributed by atoms with Gasteiger partial charge in [0.1, 0.15) is 0 Å². The molecule has 0 saturated heterocycles. The molecule has 1 rings (SSSR count). The van der Waals surface area contributed by atoms with Crippen LogP contribution in [0.4, 0.5) is 0 Å². The van der Waals surface area contributed by atoms with E-state index in [1.54, 1.807) is 0 Å². The van der Waals surface area contributed by atoms with Gasteiger partial charge in [-0.1, -0.05) is 26.7 Å². The average molecular weight is 272 g/mol. The molecule has 0 unspecified atom stereocenters. The van der Waals surface area contributed by atoms with Crippen LogP contribution >= 0.6 is 11.8 Å². The van der Waals surface area contributed by atoms with E-state index in [4.69, 9.17) is 0 Å². The van der Waals surface area contributed by atoms with Crippen molar-refractivity contribution in [2.75, 3.05) is 19.3 Å². The first-order valence-electron chi connectivity index (χ1n) is 7.13. The molecular weight excluding hydrogens is 244 g/mol. The van der Waals surface area contributed by atoms with E-state index in [9.17, 15) is 4.79 Å². The Morgan fingerprint density at radius 3 is 2.56 bits per heavy atom. The van der Waals surface area contributed by atoms with Crippen molar-refractivity contribution in [2.45, 2.75) is 63.2 Å². The van der Waals surface area contributed by atoms with Crippen LogP contribution < -0.4 is 10.6 Å². The molecule has 18 heavy (non-hydrogen) atoms. The zero-order valence-corrected chi connectivity index (χ0v) is 12.9. The SMILES string of the molecule is CSC1(CNC(=O)CCCNC(C)C)CCCC1. The maximum atomic E-state index is 11.8. The van der Waals surface area contributed by atoms with Gasteiger partial charge in [-0.3, -0.25) is 4.79 Å². The number of hydrogen-bond donors (Lipinski definition) is 2. The summed E-state index contributed by atoms with van der Waals surface area (Å²) in [6.45, 7) is 6.04. The second-order valence-electron chi connectivity index (χ2n) is 5.58. The highest BCUT2D eigenvalue weighted by Crippen LogP contribution is 2.39. The molecule has 1 aliphatic rings. The lowest BCUT2D eigenvalue weighted by Gasteiger charge is -2.26. The Morgan fingerprint density at radius 2 is 2.00 bits per heavy atom. The standard InChI is InChI=1S/C14H28N2OS/c1-12(2)15-10-6-7-13(17)16-11-14(18-3)8-4-5-9-14/h12,15H,4-11H2,1-3H3,(H,16,17). The Hall–Kier alpha value is -0.220. The maximum Gasteiger partial charge on any atom is 0.220 e. The normalized spacial score (nSPS) is 18.2. The van der Waals surface area contributed by atoms with Crippen molar-refractivity contribution >= 4 is 17.7 Å². The van der Waals surface area contributed by atoms with Gasteiger partial charge >= 0.3 is 0 Å². The van der Waals surface area contributed by atoms with E-state index in [1.807, 2.05) is 11.8 Å². The van der Waals surface area contributed by atoms with E-state index in [0.29, 0.717) is 17.2 Å². The number of rotatable bonds is 8. The molecule has 0 aromatic carbocycles. The molecule has 1 amide bonds. The fourth-order valence-corrected chi connectivity index (χ4v) is 3.37. The summed E-state index contributed by atoms with van der Waals surface area (Å²) < 4.78 is 0.325. The first kappa shape index (κ1) is 15.8. The van der Waals surface area contributed by atoms with Crippen LogP contribution in [-0.2, 0) is 4.79 Å². The second kappa shape index (κ2) is 8.05. The third kappa shape index (κ3) is 5.61. The van der Waals surface area contributed by atoms with Crippen LogP contribution in [0.2, 0.25) is 0 Å². The van der Waals surface area contributed by atoms with Gasteiger partial charge in [-0.2, -0.15) is 11.8 Å². The van der Waals surface area contributed by atoms with Gasteiger partial charge in [0.05, 0.1) is 0 Å². The van der Waals surface area contributed by atoms with Gasteiger partial charge in [0, 0.05) is 23.8 Å². The molecule has 0 heterocycles. The largest absolute Gasteiger partial charge is 0.355 e. The first-order chi connectivity index (χ1) is 8.58. The Morgan fingerprint density at radius 1 is 1.33 bits per heavy atom. The van der Waals surface area contributed by atoms with Gasteiger partial charge in [-0.25, -0.2) is 0 Å². The monoisotopic (exact) mass is 272 g/mol. The fourth-order valence-electron chi connectivity index (χ4n) is 2.46. The van der Waals surface area contributed by atoms with Gasteiger partial charge < -0.3 is 10.6 Å². The number of carbonyl (C=O) groups is 1. The van der Waals surface area contributed by atoms with E-state index >= 15 is 0 Å². The van der Waals surface area contributed by atoms with Crippen LogP contribution in [0.15, 0.2) is 0 Å². The molecule has 0 aliphatic heterocycles. The average Bonchev–Trinajstić information content (AvgIpc) is 2.81. The van der Waals surface area contributed by atoms with Crippen LogP contribution in [0.3, 0.4) is 0 Å². The summed E-state index contributed by atoms with van der Waals surface area (Å²) in [5.41, 5.74) is 0. The smallest absolute Gasteiger partial charge is 0.220 e. The van der Waals surface area contributed by atoms with E-state index in [2.05, 4.69) is 30.7 Å². The van der Waals surface area contributed by atoms with E-state index in [0.717, 1.165) is 19.5 Å². The summed E-state index contributed by atoms with van der Waals surface area (Å²) in [6, 6.07) is 0.506. The fraction of sp³-hybridized carbons (Fsp3) is 0.929. The summed E-state index contributed by atoms with van der Waals surface area (Å²) >= 11 is 1.93. The lowest BCUT2D eigenvalue weighted by molar-refractivity contribution is -0.121. The summed E-state index contributed by atoms with van der Waals surface area (Å²) in [6.07, 6.45) is 8.88. The summed E-state index contributed by atoms with van der Waals surface area (Å²) in [7, 11) is 0. The highest BCUT2D eigenvalue weighted by molar-refractivity contribution is 8.00. The van der Waals surface area contributed by atoms with Crippen LogP contribution in [-0.4, -0.2) is 36.0 Å².